The third kappa shape index (κ3) is 5.56. The van der Waals surface area contributed by atoms with E-state index in [0.717, 1.165) is 25.7 Å². The Kier molecular flexibility index (Phi) is 6.44. The van der Waals surface area contributed by atoms with Gasteiger partial charge in [-0.3, -0.25) is 20.2 Å². The number of urea groups is 1. The number of rotatable bonds is 6. The Morgan fingerprint density at radius 3 is 2.30 bits per heavy atom. The third-order valence-electron chi connectivity index (χ3n) is 3.36. The van der Waals surface area contributed by atoms with Gasteiger partial charge >= 0.3 is 12.0 Å². The molecule has 1 aliphatic rings. The van der Waals surface area contributed by atoms with E-state index in [4.69, 9.17) is 5.11 Å². The summed E-state index contributed by atoms with van der Waals surface area (Å²) in [7, 11) is 0. The van der Waals surface area contributed by atoms with Gasteiger partial charge in [0.1, 0.15) is 6.04 Å². The summed E-state index contributed by atoms with van der Waals surface area (Å²) in [6, 6.07) is -1.18. The van der Waals surface area contributed by atoms with Gasteiger partial charge in [0.05, 0.1) is 6.54 Å². The van der Waals surface area contributed by atoms with Crippen LogP contribution in [0.25, 0.3) is 0 Å². The van der Waals surface area contributed by atoms with Gasteiger partial charge in [0.25, 0.3) is 0 Å². The molecule has 1 atom stereocenters. The number of carboxylic acids is 1. The van der Waals surface area contributed by atoms with E-state index < -0.39 is 23.9 Å². The van der Waals surface area contributed by atoms with Crippen molar-refractivity contribution in [1.29, 1.82) is 0 Å². The van der Waals surface area contributed by atoms with Crippen LogP contribution in [0.2, 0.25) is 0 Å². The summed E-state index contributed by atoms with van der Waals surface area (Å²) in [4.78, 5) is 34.0. The molecule has 7 nitrogen and oxygen atoms in total. The predicted octanol–water partition coefficient (Wildman–Crippen LogP) is 0.454. The van der Waals surface area contributed by atoms with Gasteiger partial charge < -0.3 is 10.4 Å². The number of carbonyl (C=O) groups excluding carboxylic acids is 2. The molecule has 20 heavy (non-hydrogen) atoms. The van der Waals surface area contributed by atoms with E-state index in [9.17, 15) is 14.4 Å². The molecule has 0 bridgehead atoms. The van der Waals surface area contributed by atoms with Crippen LogP contribution in [0.1, 0.15) is 39.5 Å². The minimum absolute atomic E-state index is 0.137. The lowest BCUT2D eigenvalue weighted by atomic mass is 10.1. The number of carboxylic acid groups (broad SMARTS) is 1. The number of imide groups is 1. The minimum atomic E-state index is -1.01. The van der Waals surface area contributed by atoms with Crippen LogP contribution in [-0.4, -0.2) is 41.6 Å². The second-order valence-corrected chi connectivity index (χ2v) is 5.44. The SMILES string of the molecule is CC(C)C(NCC(=O)NC(=O)NC1CCCC1)C(=O)O. The molecule has 3 amide bonds. The minimum Gasteiger partial charge on any atom is -0.480 e. The molecular formula is C13H23N3O4. The van der Waals surface area contributed by atoms with Gasteiger partial charge in [0, 0.05) is 6.04 Å². The van der Waals surface area contributed by atoms with Gasteiger partial charge in [-0.05, 0) is 18.8 Å². The fourth-order valence-electron chi connectivity index (χ4n) is 2.27. The lowest BCUT2D eigenvalue weighted by Gasteiger charge is -2.17. The van der Waals surface area contributed by atoms with Gasteiger partial charge in [-0.25, -0.2) is 4.79 Å². The average Bonchev–Trinajstić information content (AvgIpc) is 2.80. The summed E-state index contributed by atoms with van der Waals surface area (Å²) >= 11 is 0. The van der Waals surface area contributed by atoms with Crippen LogP contribution in [0.5, 0.6) is 0 Å². The largest absolute Gasteiger partial charge is 0.480 e. The molecule has 1 fully saturated rings. The zero-order valence-electron chi connectivity index (χ0n) is 11.9. The second kappa shape index (κ2) is 7.84. The van der Waals surface area contributed by atoms with Crippen molar-refractivity contribution in [2.45, 2.75) is 51.6 Å². The van der Waals surface area contributed by atoms with Crippen molar-refractivity contribution in [3.8, 4) is 0 Å². The zero-order chi connectivity index (χ0) is 15.1. The first kappa shape index (κ1) is 16.4. The van der Waals surface area contributed by atoms with Crippen LogP contribution in [0.15, 0.2) is 0 Å². The molecule has 0 heterocycles. The maximum absolute atomic E-state index is 11.5. The summed E-state index contributed by atoms with van der Waals surface area (Å²) in [5.74, 6) is -1.69. The molecule has 1 unspecified atom stereocenters. The maximum atomic E-state index is 11.5. The van der Waals surface area contributed by atoms with Gasteiger partial charge in [0.2, 0.25) is 5.91 Å². The molecule has 7 heteroatoms. The highest BCUT2D eigenvalue weighted by atomic mass is 16.4. The molecule has 0 spiro atoms. The number of nitrogens with one attached hydrogen (secondary N) is 3. The Balaban J connectivity index is 2.28. The highest BCUT2D eigenvalue weighted by Gasteiger charge is 2.22. The normalized spacial score (nSPS) is 16.9. The predicted molar refractivity (Wildman–Crippen MR) is 73.2 cm³/mol. The van der Waals surface area contributed by atoms with Gasteiger partial charge in [-0.15, -0.1) is 0 Å². The topological polar surface area (TPSA) is 108 Å². The van der Waals surface area contributed by atoms with Crippen molar-refractivity contribution in [2.24, 2.45) is 5.92 Å². The van der Waals surface area contributed by atoms with Gasteiger partial charge in [0.15, 0.2) is 0 Å². The Morgan fingerprint density at radius 1 is 1.20 bits per heavy atom. The monoisotopic (exact) mass is 285 g/mol. The van der Waals surface area contributed by atoms with E-state index in [1.807, 2.05) is 0 Å². The van der Waals surface area contributed by atoms with Crippen LogP contribution in [-0.2, 0) is 9.59 Å². The Bertz CT molecular complexity index is 365. The van der Waals surface area contributed by atoms with Crippen molar-refractivity contribution in [3.63, 3.8) is 0 Å². The highest BCUT2D eigenvalue weighted by molar-refractivity contribution is 5.95. The first-order chi connectivity index (χ1) is 9.40. The fourth-order valence-corrected chi connectivity index (χ4v) is 2.27. The van der Waals surface area contributed by atoms with E-state index in [0.29, 0.717) is 0 Å². The van der Waals surface area contributed by atoms with Crippen molar-refractivity contribution in [3.05, 3.63) is 0 Å². The summed E-state index contributed by atoms with van der Waals surface area (Å²) in [6.45, 7) is 3.29. The van der Waals surface area contributed by atoms with E-state index in [-0.39, 0.29) is 18.5 Å². The average molecular weight is 285 g/mol. The van der Waals surface area contributed by atoms with Crippen molar-refractivity contribution in [1.82, 2.24) is 16.0 Å². The molecule has 0 radical (unpaired) electrons. The number of amides is 3. The Labute approximate surface area is 118 Å². The third-order valence-corrected chi connectivity index (χ3v) is 3.36. The first-order valence-electron chi connectivity index (χ1n) is 6.96. The molecule has 0 aromatic carbocycles. The van der Waals surface area contributed by atoms with Crippen molar-refractivity contribution >= 4 is 17.9 Å². The Hall–Kier alpha value is -1.63. The molecule has 1 saturated carbocycles. The lowest BCUT2D eigenvalue weighted by Crippen LogP contribution is -2.49. The summed E-state index contributed by atoms with van der Waals surface area (Å²) in [5.41, 5.74) is 0. The molecule has 1 rings (SSSR count). The molecule has 4 N–H and O–H groups in total. The summed E-state index contributed by atoms with van der Waals surface area (Å²) in [5, 5.41) is 16.5. The smallest absolute Gasteiger partial charge is 0.321 e. The molecular weight excluding hydrogens is 262 g/mol. The summed E-state index contributed by atoms with van der Waals surface area (Å²) in [6.07, 6.45) is 4.06. The highest BCUT2D eigenvalue weighted by Crippen LogP contribution is 2.17. The zero-order valence-corrected chi connectivity index (χ0v) is 11.9. The molecule has 0 saturated heterocycles. The molecule has 0 aliphatic heterocycles. The number of carbonyl (C=O) groups is 3. The Morgan fingerprint density at radius 2 is 1.80 bits per heavy atom. The van der Waals surface area contributed by atoms with Crippen LogP contribution in [0, 0.1) is 5.92 Å². The van der Waals surface area contributed by atoms with Crippen LogP contribution in [0.4, 0.5) is 4.79 Å². The molecule has 114 valence electrons. The van der Waals surface area contributed by atoms with Crippen molar-refractivity contribution < 1.29 is 19.5 Å². The summed E-state index contributed by atoms with van der Waals surface area (Å²) < 4.78 is 0. The van der Waals surface area contributed by atoms with Gasteiger partial charge in [-0.1, -0.05) is 26.7 Å². The fraction of sp³-hybridized carbons (Fsp3) is 0.769. The van der Waals surface area contributed by atoms with E-state index >= 15 is 0 Å². The van der Waals surface area contributed by atoms with Crippen LogP contribution in [0.3, 0.4) is 0 Å². The standard InChI is InChI=1S/C13H23N3O4/c1-8(2)11(12(18)19)14-7-10(17)16-13(20)15-9-5-3-4-6-9/h8-9,11,14H,3-7H2,1-2H3,(H,18,19)(H2,15,16,17,20). The van der Waals surface area contributed by atoms with Crippen LogP contribution < -0.4 is 16.0 Å². The lowest BCUT2D eigenvalue weighted by molar-refractivity contribution is -0.140. The molecule has 0 aromatic heterocycles. The first-order valence-corrected chi connectivity index (χ1v) is 6.96. The van der Waals surface area contributed by atoms with Crippen LogP contribution >= 0.6 is 0 Å². The van der Waals surface area contributed by atoms with Crippen molar-refractivity contribution in [2.75, 3.05) is 6.54 Å². The van der Waals surface area contributed by atoms with E-state index in [1.165, 1.54) is 0 Å². The molecule has 1 aliphatic carbocycles. The van der Waals surface area contributed by atoms with E-state index in [2.05, 4.69) is 16.0 Å². The molecule has 0 aromatic rings. The number of aliphatic carboxylic acids is 1. The quantitative estimate of drug-likeness (QED) is 0.567. The van der Waals surface area contributed by atoms with E-state index in [1.54, 1.807) is 13.8 Å². The maximum Gasteiger partial charge on any atom is 0.321 e. The number of hydrogen-bond acceptors (Lipinski definition) is 4. The van der Waals surface area contributed by atoms with Gasteiger partial charge in [-0.2, -0.15) is 0 Å². The number of hydrogen-bond donors (Lipinski definition) is 4. The second-order valence-electron chi connectivity index (χ2n) is 5.44.